The predicted octanol–water partition coefficient (Wildman–Crippen LogP) is 0.777. The normalized spacial score (nSPS) is 12.4. The van der Waals surface area contributed by atoms with Crippen molar-refractivity contribution in [2.45, 2.75) is 32.6 Å². The Balaban J connectivity index is 2.41. The molecule has 0 unspecified atom stereocenters. The lowest BCUT2D eigenvalue weighted by atomic mass is 10.1. The van der Waals surface area contributed by atoms with Crippen molar-refractivity contribution in [1.29, 1.82) is 0 Å². The molecule has 0 aliphatic heterocycles. The second-order valence-corrected chi connectivity index (χ2v) is 4.56. The third-order valence-electron chi connectivity index (χ3n) is 2.88. The molecule has 118 valence electrons. The molecule has 0 fully saturated rings. The maximum absolute atomic E-state index is 11.9. The fraction of sp³-hybridized carbons (Fsp3) is 0.533. The van der Waals surface area contributed by atoms with Gasteiger partial charge in [-0.3, -0.25) is 4.79 Å². The van der Waals surface area contributed by atoms with Gasteiger partial charge < -0.3 is 25.6 Å². The van der Waals surface area contributed by atoms with Gasteiger partial charge >= 0.3 is 0 Å². The number of benzene rings is 1. The number of aromatic hydroxyl groups is 1. The molecule has 1 aromatic carbocycles. The molecule has 0 spiro atoms. The van der Waals surface area contributed by atoms with Crippen molar-refractivity contribution in [3.8, 4) is 5.75 Å². The molecule has 1 atom stereocenters. The van der Waals surface area contributed by atoms with Crippen molar-refractivity contribution in [2.75, 3.05) is 19.8 Å². The molecule has 21 heavy (non-hydrogen) atoms. The average molecular weight is 296 g/mol. The van der Waals surface area contributed by atoms with Gasteiger partial charge in [-0.2, -0.15) is 0 Å². The van der Waals surface area contributed by atoms with Crippen LogP contribution in [0.15, 0.2) is 24.3 Å². The van der Waals surface area contributed by atoms with Crippen LogP contribution in [0.3, 0.4) is 0 Å². The van der Waals surface area contributed by atoms with Crippen LogP contribution in [0.4, 0.5) is 0 Å². The SMILES string of the molecule is CCOC(CNC(=O)[C@@H](N)Cc1ccc(O)cc1)OCC. The fourth-order valence-corrected chi connectivity index (χ4v) is 1.83. The molecule has 1 rings (SSSR count). The second kappa shape index (κ2) is 9.33. The third kappa shape index (κ3) is 6.57. The molecule has 6 nitrogen and oxygen atoms in total. The summed E-state index contributed by atoms with van der Waals surface area (Å²) in [5.74, 6) is -0.0690. The lowest BCUT2D eigenvalue weighted by molar-refractivity contribution is -0.141. The largest absolute Gasteiger partial charge is 0.508 e. The summed E-state index contributed by atoms with van der Waals surface area (Å²) in [5.41, 5.74) is 6.76. The van der Waals surface area contributed by atoms with E-state index in [4.69, 9.17) is 15.2 Å². The van der Waals surface area contributed by atoms with Crippen molar-refractivity contribution in [3.63, 3.8) is 0 Å². The quantitative estimate of drug-likeness (QED) is 0.585. The van der Waals surface area contributed by atoms with Crippen LogP contribution in [-0.4, -0.2) is 43.1 Å². The maximum atomic E-state index is 11.9. The van der Waals surface area contributed by atoms with E-state index in [1.807, 2.05) is 13.8 Å². The molecule has 1 aromatic rings. The van der Waals surface area contributed by atoms with E-state index in [9.17, 15) is 9.90 Å². The topological polar surface area (TPSA) is 93.8 Å². The monoisotopic (exact) mass is 296 g/mol. The zero-order chi connectivity index (χ0) is 15.7. The summed E-state index contributed by atoms with van der Waals surface area (Å²) >= 11 is 0. The lowest BCUT2D eigenvalue weighted by Gasteiger charge is -2.19. The van der Waals surface area contributed by atoms with Crippen LogP contribution in [0.5, 0.6) is 5.75 Å². The Labute approximate surface area is 125 Å². The summed E-state index contributed by atoms with van der Waals surface area (Å²) in [6, 6.07) is 5.97. The van der Waals surface area contributed by atoms with Crippen LogP contribution in [0.1, 0.15) is 19.4 Å². The predicted molar refractivity (Wildman–Crippen MR) is 79.8 cm³/mol. The molecular formula is C15H24N2O4. The molecular weight excluding hydrogens is 272 g/mol. The summed E-state index contributed by atoms with van der Waals surface area (Å²) in [4.78, 5) is 11.9. The Kier molecular flexibility index (Phi) is 7.74. The Morgan fingerprint density at radius 2 is 1.81 bits per heavy atom. The molecule has 0 bridgehead atoms. The first-order valence-corrected chi connectivity index (χ1v) is 7.11. The third-order valence-corrected chi connectivity index (χ3v) is 2.88. The van der Waals surface area contributed by atoms with Gasteiger partial charge in [0.15, 0.2) is 6.29 Å². The van der Waals surface area contributed by atoms with Gasteiger partial charge in [-0.25, -0.2) is 0 Å². The molecule has 0 aliphatic carbocycles. The highest BCUT2D eigenvalue weighted by Crippen LogP contribution is 2.10. The van der Waals surface area contributed by atoms with E-state index < -0.39 is 12.3 Å². The standard InChI is InChI=1S/C15H24N2O4/c1-3-20-14(21-4-2)10-17-15(19)13(16)9-11-5-7-12(18)8-6-11/h5-8,13-14,18H,3-4,9-10,16H2,1-2H3,(H,17,19)/t13-/m0/s1. The first-order chi connectivity index (χ1) is 10.1. The van der Waals surface area contributed by atoms with Gasteiger partial charge in [0, 0.05) is 13.2 Å². The fourth-order valence-electron chi connectivity index (χ4n) is 1.83. The minimum atomic E-state index is -0.654. The zero-order valence-electron chi connectivity index (χ0n) is 12.5. The van der Waals surface area contributed by atoms with Gasteiger partial charge in [0.1, 0.15) is 5.75 Å². The highest BCUT2D eigenvalue weighted by Gasteiger charge is 2.16. The summed E-state index contributed by atoms with van der Waals surface area (Å²) in [7, 11) is 0. The molecule has 1 amide bonds. The van der Waals surface area contributed by atoms with E-state index in [1.165, 1.54) is 0 Å². The smallest absolute Gasteiger partial charge is 0.237 e. The van der Waals surface area contributed by atoms with Crippen molar-refractivity contribution < 1.29 is 19.4 Å². The first kappa shape index (κ1) is 17.4. The summed E-state index contributed by atoms with van der Waals surface area (Å²) < 4.78 is 10.7. The number of hydrogen-bond donors (Lipinski definition) is 3. The number of nitrogens with one attached hydrogen (secondary N) is 1. The zero-order valence-corrected chi connectivity index (χ0v) is 12.5. The van der Waals surface area contributed by atoms with Crippen molar-refractivity contribution in [1.82, 2.24) is 5.32 Å². The van der Waals surface area contributed by atoms with Crippen molar-refractivity contribution in [3.05, 3.63) is 29.8 Å². The number of carbonyl (C=O) groups excluding carboxylic acids is 1. The van der Waals surface area contributed by atoms with Crippen LogP contribution in [0.25, 0.3) is 0 Å². The van der Waals surface area contributed by atoms with Crippen LogP contribution < -0.4 is 11.1 Å². The van der Waals surface area contributed by atoms with E-state index >= 15 is 0 Å². The van der Waals surface area contributed by atoms with Crippen molar-refractivity contribution in [2.24, 2.45) is 5.73 Å². The molecule has 0 aromatic heterocycles. The summed E-state index contributed by atoms with van der Waals surface area (Å²) in [6.45, 7) is 5.03. The number of rotatable bonds is 9. The van der Waals surface area contributed by atoms with Crippen LogP contribution in [0, 0.1) is 0 Å². The van der Waals surface area contributed by atoms with Gasteiger partial charge in [0.05, 0.1) is 12.6 Å². The van der Waals surface area contributed by atoms with Crippen molar-refractivity contribution >= 4 is 5.91 Å². The van der Waals surface area contributed by atoms with Crippen LogP contribution >= 0.6 is 0 Å². The summed E-state index contributed by atoms with van der Waals surface area (Å²) in [6.07, 6.45) is -0.0510. The number of hydrogen-bond acceptors (Lipinski definition) is 5. The summed E-state index contributed by atoms with van der Waals surface area (Å²) in [5, 5.41) is 11.9. The number of phenols is 1. The van der Waals surface area contributed by atoms with E-state index in [1.54, 1.807) is 24.3 Å². The van der Waals surface area contributed by atoms with Gasteiger partial charge in [-0.05, 0) is 38.0 Å². The van der Waals surface area contributed by atoms with E-state index in [-0.39, 0.29) is 18.2 Å². The van der Waals surface area contributed by atoms with E-state index in [0.29, 0.717) is 19.6 Å². The molecule has 0 radical (unpaired) electrons. The first-order valence-electron chi connectivity index (χ1n) is 7.11. The number of nitrogens with two attached hydrogens (primary N) is 1. The van der Waals surface area contributed by atoms with Crippen LogP contribution in [-0.2, 0) is 20.7 Å². The minimum absolute atomic E-state index is 0.188. The molecule has 0 heterocycles. The maximum Gasteiger partial charge on any atom is 0.237 e. The Morgan fingerprint density at radius 1 is 1.24 bits per heavy atom. The molecule has 6 heteroatoms. The molecule has 0 saturated carbocycles. The van der Waals surface area contributed by atoms with Gasteiger partial charge in [0.25, 0.3) is 0 Å². The Hall–Kier alpha value is -1.63. The second-order valence-electron chi connectivity index (χ2n) is 4.56. The Morgan fingerprint density at radius 3 is 2.33 bits per heavy atom. The van der Waals surface area contributed by atoms with E-state index in [0.717, 1.165) is 5.56 Å². The molecule has 4 N–H and O–H groups in total. The molecule has 0 aliphatic rings. The number of phenolic OH excluding ortho intramolecular Hbond substituents is 1. The highest BCUT2D eigenvalue weighted by atomic mass is 16.7. The highest BCUT2D eigenvalue weighted by molar-refractivity contribution is 5.81. The van der Waals surface area contributed by atoms with Crippen LogP contribution in [0.2, 0.25) is 0 Å². The number of ether oxygens (including phenoxy) is 2. The number of amides is 1. The average Bonchev–Trinajstić information content (AvgIpc) is 2.47. The van der Waals surface area contributed by atoms with E-state index in [2.05, 4.69) is 5.32 Å². The minimum Gasteiger partial charge on any atom is -0.508 e. The Bertz CT molecular complexity index is 416. The number of carbonyl (C=O) groups is 1. The lowest BCUT2D eigenvalue weighted by Crippen LogP contribution is -2.45. The molecule has 0 saturated heterocycles. The van der Waals surface area contributed by atoms with Gasteiger partial charge in [-0.1, -0.05) is 12.1 Å². The van der Waals surface area contributed by atoms with Gasteiger partial charge in [-0.15, -0.1) is 0 Å². The van der Waals surface area contributed by atoms with Gasteiger partial charge in [0.2, 0.25) is 5.91 Å².